The Morgan fingerprint density at radius 3 is 2.48 bits per heavy atom. The predicted molar refractivity (Wildman–Crippen MR) is 77.8 cm³/mol. The Bertz CT molecular complexity index is 593. The van der Waals surface area contributed by atoms with Crippen LogP contribution in [0.25, 0.3) is 0 Å². The molecule has 0 saturated carbocycles. The van der Waals surface area contributed by atoms with E-state index in [1.54, 1.807) is 20.8 Å². The lowest BCUT2D eigenvalue weighted by molar-refractivity contribution is -0.137. The summed E-state index contributed by atoms with van der Waals surface area (Å²) in [5.41, 5.74) is -0.333. The van der Waals surface area contributed by atoms with E-state index < -0.39 is 29.5 Å². The van der Waals surface area contributed by atoms with Crippen LogP contribution in [0.2, 0.25) is 0 Å². The first kappa shape index (κ1) is 17.6. The highest BCUT2D eigenvalue weighted by Gasteiger charge is 2.35. The first-order valence-electron chi connectivity index (χ1n) is 7.31. The Labute approximate surface area is 132 Å². The lowest BCUT2D eigenvalue weighted by Crippen LogP contribution is -2.48. The average Bonchev–Trinajstić information content (AvgIpc) is 2.42. The minimum atomic E-state index is -4.43. The first-order chi connectivity index (χ1) is 10.5. The summed E-state index contributed by atoms with van der Waals surface area (Å²) in [5, 5.41) is 9.49. The highest BCUT2D eigenvalue weighted by atomic mass is 19.4. The molecule has 4 nitrogen and oxygen atoms in total. The minimum absolute atomic E-state index is 0.0145. The summed E-state index contributed by atoms with van der Waals surface area (Å²) in [6, 6.07) is 2.98. The van der Waals surface area contributed by atoms with Crippen LogP contribution in [0.15, 0.2) is 18.2 Å². The van der Waals surface area contributed by atoms with Gasteiger partial charge in [0.15, 0.2) is 0 Å². The largest absolute Gasteiger partial charge is 0.444 e. The molecular weight excluding hydrogens is 311 g/mol. The summed E-state index contributed by atoms with van der Waals surface area (Å²) < 4.78 is 43.8. The lowest BCUT2D eigenvalue weighted by atomic mass is 9.93. The average molecular weight is 331 g/mol. The molecule has 7 heteroatoms. The summed E-state index contributed by atoms with van der Waals surface area (Å²) in [6.07, 6.45) is -4.78. The zero-order valence-electron chi connectivity index (χ0n) is 13.3. The first-order valence-corrected chi connectivity index (χ1v) is 7.31. The van der Waals surface area contributed by atoms with Gasteiger partial charge in [0.25, 0.3) is 0 Å². The van der Waals surface area contributed by atoms with Gasteiger partial charge in [-0.25, -0.2) is 4.79 Å². The molecule has 1 aromatic carbocycles. The minimum Gasteiger partial charge on any atom is -0.444 e. The second-order valence-electron chi connectivity index (χ2n) is 6.63. The van der Waals surface area contributed by atoms with Crippen molar-refractivity contribution in [1.29, 1.82) is 0 Å². The fraction of sp³-hybridized carbons (Fsp3) is 0.562. The van der Waals surface area contributed by atoms with E-state index in [0.717, 1.165) is 12.1 Å². The number of alkyl halides is 3. The highest BCUT2D eigenvalue weighted by Crippen LogP contribution is 2.33. The molecule has 0 fully saturated rings. The van der Waals surface area contributed by atoms with Gasteiger partial charge in [0.1, 0.15) is 5.60 Å². The number of nitrogens with zero attached hydrogens (tertiary/aromatic N) is 1. The van der Waals surface area contributed by atoms with Crippen LogP contribution in [-0.4, -0.2) is 34.3 Å². The number of benzene rings is 1. The Hall–Kier alpha value is -1.76. The smallest absolute Gasteiger partial charge is 0.416 e. The molecule has 0 bridgehead atoms. The zero-order valence-corrected chi connectivity index (χ0v) is 13.3. The number of aliphatic hydroxyl groups excluding tert-OH is 1. The third-order valence-corrected chi connectivity index (χ3v) is 3.61. The van der Waals surface area contributed by atoms with Crippen molar-refractivity contribution in [2.45, 2.75) is 51.6 Å². The van der Waals surface area contributed by atoms with E-state index in [1.165, 1.54) is 11.0 Å². The zero-order chi connectivity index (χ0) is 17.4. The Kier molecular flexibility index (Phi) is 4.61. The van der Waals surface area contributed by atoms with Gasteiger partial charge in [-0.2, -0.15) is 13.2 Å². The third kappa shape index (κ3) is 4.16. The van der Waals surface area contributed by atoms with Gasteiger partial charge in [-0.3, -0.25) is 4.90 Å². The third-order valence-electron chi connectivity index (χ3n) is 3.61. The van der Waals surface area contributed by atoms with Crippen molar-refractivity contribution in [3.05, 3.63) is 34.9 Å². The number of halogens is 3. The molecular formula is C16H20F3NO3. The number of rotatable bonds is 1. The predicted octanol–water partition coefficient (Wildman–Crippen LogP) is 3.36. The fourth-order valence-electron chi connectivity index (χ4n) is 2.52. The summed E-state index contributed by atoms with van der Waals surface area (Å²) in [5.74, 6) is 0. The number of carbonyl (C=O) groups excluding carboxylic acids is 1. The van der Waals surface area contributed by atoms with Crippen molar-refractivity contribution in [3.63, 3.8) is 0 Å². The highest BCUT2D eigenvalue weighted by molar-refractivity contribution is 5.69. The molecule has 0 unspecified atom stereocenters. The molecule has 1 aromatic rings. The molecule has 128 valence electrons. The van der Waals surface area contributed by atoms with Crippen LogP contribution in [0, 0.1) is 0 Å². The van der Waals surface area contributed by atoms with Crippen LogP contribution < -0.4 is 0 Å². The number of ether oxygens (including phenoxy) is 1. The maximum Gasteiger partial charge on any atom is 0.416 e. The lowest BCUT2D eigenvalue weighted by Gasteiger charge is -2.37. The van der Waals surface area contributed by atoms with Crippen molar-refractivity contribution >= 4 is 6.09 Å². The molecule has 1 heterocycles. The van der Waals surface area contributed by atoms with E-state index in [0.29, 0.717) is 17.5 Å². The molecule has 23 heavy (non-hydrogen) atoms. The van der Waals surface area contributed by atoms with Crippen molar-refractivity contribution in [1.82, 2.24) is 4.90 Å². The van der Waals surface area contributed by atoms with Crippen molar-refractivity contribution in [2.75, 3.05) is 6.61 Å². The van der Waals surface area contributed by atoms with Gasteiger partial charge in [0, 0.05) is 6.54 Å². The van der Waals surface area contributed by atoms with E-state index >= 15 is 0 Å². The summed E-state index contributed by atoms with van der Waals surface area (Å²) in [4.78, 5) is 13.5. The van der Waals surface area contributed by atoms with E-state index in [2.05, 4.69) is 0 Å². The maximum absolute atomic E-state index is 12.8. The number of fused-ring (bicyclic) bond motifs is 1. The molecule has 0 saturated heterocycles. The quantitative estimate of drug-likeness (QED) is 0.858. The van der Waals surface area contributed by atoms with E-state index in [9.17, 15) is 23.1 Å². The van der Waals surface area contributed by atoms with Crippen LogP contribution in [0.4, 0.5) is 18.0 Å². The van der Waals surface area contributed by atoms with Crippen LogP contribution in [0.5, 0.6) is 0 Å². The van der Waals surface area contributed by atoms with E-state index in [-0.39, 0.29) is 13.2 Å². The summed E-state index contributed by atoms with van der Waals surface area (Å²) in [7, 11) is 0. The number of hydrogen-bond acceptors (Lipinski definition) is 3. The molecule has 1 amide bonds. The summed E-state index contributed by atoms with van der Waals surface area (Å²) in [6.45, 7) is 4.83. The standard InChI is InChI=1S/C16H20F3NO3/c1-15(2,3)23-14(22)20-8-11-6-12(16(17,18)19)5-4-10(11)7-13(20)9-21/h4-6,13,21H,7-9H2,1-3H3/t13-/m0/s1. The molecule has 0 radical (unpaired) electrons. The number of aliphatic hydroxyl groups is 1. The fourth-order valence-corrected chi connectivity index (χ4v) is 2.52. The van der Waals surface area contributed by atoms with E-state index in [1.807, 2.05) is 0 Å². The molecule has 2 rings (SSSR count). The van der Waals surface area contributed by atoms with Gasteiger partial charge in [0.05, 0.1) is 18.2 Å². The molecule has 1 atom stereocenters. The topological polar surface area (TPSA) is 49.8 Å². The van der Waals surface area contributed by atoms with E-state index in [4.69, 9.17) is 4.74 Å². The van der Waals surface area contributed by atoms with Gasteiger partial charge < -0.3 is 9.84 Å². The molecule has 1 aliphatic heterocycles. The summed E-state index contributed by atoms with van der Waals surface area (Å²) >= 11 is 0. The molecule has 0 spiro atoms. The van der Waals surface area contributed by atoms with Gasteiger partial charge >= 0.3 is 12.3 Å². The SMILES string of the molecule is CC(C)(C)OC(=O)N1Cc2cc(C(F)(F)F)ccc2C[C@H]1CO. The number of amides is 1. The normalized spacial score (nSPS) is 18.6. The maximum atomic E-state index is 12.8. The Morgan fingerprint density at radius 1 is 1.30 bits per heavy atom. The van der Waals surface area contributed by atoms with Crippen LogP contribution >= 0.6 is 0 Å². The van der Waals surface area contributed by atoms with Gasteiger partial charge in [0.2, 0.25) is 0 Å². The Balaban J connectivity index is 2.29. The molecule has 1 aliphatic rings. The van der Waals surface area contributed by atoms with Crippen molar-refractivity contribution in [3.8, 4) is 0 Å². The monoisotopic (exact) mass is 331 g/mol. The van der Waals surface area contributed by atoms with Crippen LogP contribution in [0.3, 0.4) is 0 Å². The van der Waals surface area contributed by atoms with Crippen LogP contribution in [-0.2, 0) is 23.9 Å². The van der Waals surface area contributed by atoms with Gasteiger partial charge in [-0.05, 0) is 50.5 Å². The van der Waals surface area contributed by atoms with Crippen molar-refractivity contribution in [2.24, 2.45) is 0 Å². The second-order valence-corrected chi connectivity index (χ2v) is 6.63. The number of hydrogen-bond donors (Lipinski definition) is 1. The van der Waals surface area contributed by atoms with Crippen molar-refractivity contribution < 1.29 is 27.8 Å². The van der Waals surface area contributed by atoms with Gasteiger partial charge in [-0.1, -0.05) is 6.07 Å². The molecule has 0 aromatic heterocycles. The second kappa shape index (κ2) is 6.03. The molecule has 1 N–H and O–H groups in total. The number of carbonyl (C=O) groups is 1. The molecule has 0 aliphatic carbocycles. The van der Waals surface area contributed by atoms with Gasteiger partial charge in [-0.15, -0.1) is 0 Å². The Morgan fingerprint density at radius 2 is 1.96 bits per heavy atom. The van der Waals surface area contributed by atoms with Crippen LogP contribution in [0.1, 0.15) is 37.5 Å².